The molecule has 0 spiro atoms. The number of amides is 1. The topological polar surface area (TPSA) is 41.1 Å². The Bertz CT molecular complexity index is 363. The van der Waals surface area contributed by atoms with E-state index in [0.717, 1.165) is 23.7 Å². The van der Waals surface area contributed by atoms with Crippen molar-refractivity contribution in [3.8, 4) is 0 Å². The van der Waals surface area contributed by atoms with Crippen molar-refractivity contribution < 1.29 is 4.79 Å². The summed E-state index contributed by atoms with van der Waals surface area (Å²) in [4.78, 5) is 11.9. The molecule has 86 valence electrons. The first-order chi connectivity index (χ1) is 7.75. The Kier molecular flexibility index (Phi) is 4.48. The molecule has 1 unspecified atom stereocenters. The Morgan fingerprint density at radius 3 is 2.81 bits per heavy atom. The summed E-state index contributed by atoms with van der Waals surface area (Å²) in [6.45, 7) is 0.912. The van der Waals surface area contributed by atoms with E-state index in [9.17, 15) is 4.79 Å². The zero-order valence-electron chi connectivity index (χ0n) is 8.70. The summed E-state index contributed by atoms with van der Waals surface area (Å²) in [7, 11) is 0. The fourth-order valence-electron chi connectivity index (χ4n) is 1.50. The molecule has 2 N–H and O–H groups in total. The van der Waals surface area contributed by atoms with Crippen molar-refractivity contribution in [2.45, 2.75) is 6.04 Å². The van der Waals surface area contributed by atoms with Crippen LogP contribution in [-0.4, -0.2) is 30.0 Å². The van der Waals surface area contributed by atoms with Gasteiger partial charge in [0.15, 0.2) is 0 Å². The van der Waals surface area contributed by atoms with E-state index in [-0.39, 0.29) is 11.9 Å². The van der Waals surface area contributed by atoms with Crippen molar-refractivity contribution in [2.75, 3.05) is 23.4 Å². The number of halogens is 1. The van der Waals surface area contributed by atoms with Gasteiger partial charge in [-0.3, -0.25) is 4.79 Å². The fourth-order valence-corrected chi connectivity index (χ4v) is 2.79. The third kappa shape index (κ3) is 3.36. The third-order valence-electron chi connectivity index (χ3n) is 2.35. The highest BCUT2D eigenvalue weighted by Gasteiger charge is 2.20. The highest BCUT2D eigenvalue weighted by atomic mass is 127. The third-order valence-corrected chi connectivity index (χ3v) is 4.13. The van der Waals surface area contributed by atoms with Crippen LogP contribution in [0, 0.1) is 3.57 Å². The van der Waals surface area contributed by atoms with Gasteiger partial charge >= 0.3 is 0 Å². The van der Waals surface area contributed by atoms with Crippen LogP contribution in [0.15, 0.2) is 24.3 Å². The molecular formula is C11H13IN2OS. The second-order valence-electron chi connectivity index (χ2n) is 3.58. The first kappa shape index (κ1) is 12.2. The minimum atomic E-state index is -0.0574. The van der Waals surface area contributed by atoms with E-state index in [1.54, 1.807) is 0 Å². The zero-order valence-corrected chi connectivity index (χ0v) is 11.7. The molecule has 5 heteroatoms. The van der Waals surface area contributed by atoms with E-state index in [1.807, 2.05) is 36.0 Å². The van der Waals surface area contributed by atoms with E-state index in [4.69, 9.17) is 0 Å². The number of hydrogen-bond acceptors (Lipinski definition) is 3. The molecule has 1 aliphatic heterocycles. The molecule has 1 heterocycles. The van der Waals surface area contributed by atoms with Crippen molar-refractivity contribution in [2.24, 2.45) is 0 Å². The zero-order chi connectivity index (χ0) is 11.4. The summed E-state index contributed by atoms with van der Waals surface area (Å²) in [6, 6.07) is 7.77. The van der Waals surface area contributed by atoms with Crippen LogP contribution >= 0.6 is 34.4 Å². The summed E-state index contributed by atoms with van der Waals surface area (Å²) < 4.78 is 1.17. The second-order valence-corrected chi connectivity index (χ2v) is 5.97. The maximum atomic E-state index is 11.9. The molecule has 0 aromatic heterocycles. The second kappa shape index (κ2) is 5.88. The lowest BCUT2D eigenvalue weighted by molar-refractivity contribution is -0.117. The van der Waals surface area contributed by atoms with E-state index < -0.39 is 0 Å². The molecule has 1 fully saturated rings. The van der Waals surface area contributed by atoms with Crippen LogP contribution < -0.4 is 10.6 Å². The number of thioether (sulfide) groups is 1. The van der Waals surface area contributed by atoms with Crippen LogP contribution in [0.1, 0.15) is 0 Å². The number of nitrogens with one attached hydrogen (secondary N) is 2. The molecule has 0 saturated carbocycles. The van der Waals surface area contributed by atoms with Gasteiger partial charge in [-0.2, -0.15) is 11.8 Å². The van der Waals surface area contributed by atoms with Crippen LogP contribution in [0.3, 0.4) is 0 Å². The van der Waals surface area contributed by atoms with Gasteiger partial charge in [0.25, 0.3) is 0 Å². The van der Waals surface area contributed by atoms with Gasteiger partial charge in [-0.25, -0.2) is 0 Å². The predicted octanol–water partition coefficient (Wildman–Crippen LogP) is 1.93. The molecule has 2 rings (SSSR count). The summed E-state index contributed by atoms with van der Waals surface area (Å²) in [5.41, 5.74) is 0.864. The quantitative estimate of drug-likeness (QED) is 0.803. The van der Waals surface area contributed by atoms with E-state index in [2.05, 4.69) is 33.2 Å². The first-order valence-electron chi connectivity index (χ1n) is 5.13. The molecular weight excluding hydrogens is 335 g/mol. The molecule has 1 aliphatic rings. The molecule has 0 bridgehead atoms. The normalized spacial score (nSPS) is 20.4. The van der Waals surface area contributed by atoms with Gasteiger partial charge < -0.3 is 10.6 Å². The van der Waals surface area contributed by atoms with E-state index in [1.165, 1.54) is 3.57 Å². The average molecular weight is 348 g/mol. The van der Waals surface area contributed by atoms with Crippen molar-refractivity contribution in [1.29, 1.82) is 0 Å². The molecule has 0 radical (unpaired) electrons. The van der Waals surface area contributed by atoms with Gasteiger partial charge in [0.2, 0.25) is 5.91 Å². The van der Waals surface area contributed by atoms with Crippen LogP contribution in [0.25, 0.3) is 0 Å². The number of anilines is 1. The molecule has 1 aromatic carbocycles. The van der Waals surface area contributed by atoms with Gasteiger partial charge in [0.05, 0.1) is 6.04 Å². The van der Waals surface area contributed by atoms with E-state index in [0.29, 0.717) is 0 Å². The van der Waals surface area contributed by atoms with Gasteiger partial charge in [0, 0.05) is 27.3 Å². The van der Waals surface area contributed by atoms with Gasteiger partial charge in [-0.15, -0.1) is 0 Å². The standard InChI is InChI=1S/C11H13IN2OS/c12-8-1-3-9(4-2-8)14-11(15)10-7-16-6-5-13-10/h1-4,10,13H,5-7H2,(H,14,15). The fraction of sp³-hybridized carbons (Fsp3) is 0.364. The Morgan fingerprint density at radius 1 is 1.44 bits per heavy atom. The minimum absolute atomic E-state index is 0.0574. The van der Waals surface area contributed by atoms with Gasteiger partial charge in [-0.1, -0.05) is 0 Å². The average Bonchev–Trinajstić information content (AvgIpc) is 2.33. The van der Waals surface area contributed by atoms with Gasteiger partial charge in [-0.05, 0) is 46.9 Å². The summed E-state index contributed by atoms with van der Waals surface area (Å²) >= 11 is 4.06. The number of carbonyl (C=O) groups is 1. The molecule has 1 aromatic rings. The lowest BCUT2D eigenvalue weighted by atomic mass is 10.2. The van der Waals surface area contributed by atoms with Crippen molar-refractivity contribution >= 4 is 45.9 Å². The Balaban J connectivity index is 1.93. The van der Waals surface area contributed by atoms with Crippen molar-refractivity contribution in [3.63, 3.8) is 0 Å². The Hall–Kier alpha value is -0.270. The maximum absolute atomic E-state index is 11.9. The number of benzene rings is 1. The van der Waals surface area contributed by atoms with Crippen LogP contribution in [0.5, 0.6) is 0 Å². The summed E-state index contributed by atoms with van der Waals surface area (Å²) in [5, 5.41) is 6.14. The SMILES string of the molecule is O=C(Nc1ccc(I)cc1)C1CSCCN1. The Morgan fingerprint density at radius 2 is 2.19 bits per heavy atom. The first-order valence-corrected chi connectivity index (χ1v) is 7.36. The lowest BCUT2D eigenvalue weighted by Crippen LogP contribution is -2.46. The highest BCUT2D eigenvalue weighted by Crippen LogP contribution is 2.13. The monoisotopic (exact) mass is 348 g/mol. The smallest absolute Gasteiger partial charge is 0.242 e. The predicted molar refractivity (Wildman–Crippen MR) is 76.9 cm³/mol. The maximum Gasteiger partial charge on any atom is 0.242 e. The highest BCUT2D eigenvalue weighted by molar-refractivity contribution is 14.1. The number of carbonyl (C=O) groups excluding carboxylic acids is 1. The van der Waals surface area contributed by atoms with Gasteiger partial charge in [0.1, 0.15) is 0 Å². The molecule has 16 heavy (non-hydrogen) atoms. The number of hydrogen-bond donors (Lipinski definition) is 2. The van der Waals surface area contributed by atoms with Crippen molar-refractivity contribution in [1.82, 2.24) is 5.32 Å². The van der Waals surface area contributed by atoms with E-state index >= 15 is 0 Å². The van der Waals surface area contributed by atoms with Crippen LogP contribution in [0.4, 0.5) is 5.69 Å². The van der Waals surface area contributed by atoms with Crippen LogP contribution in [0.2, 0.25) is 0 Å². The summed E-state index contributed by atoms with van der Waals surface area (Å²) in [6.07, 6.45) is 0. The van der Waals surface area contributed by atoms with Crippen LogP contribution in [-0.2, 0) is 4.79 Å². The largest absolute Gasteiger partial charge is 0.325 e. The van der Waals surface area contributed by atoms with Crippen molar-refractivity contribution in [3.05, 3.63) is 27.8 Å². The Labute approximate surface area is 113 Å². The lowest BCUT2D eigenvalue weighted by Gasteiger charge is -2.22. The number of rotatable bonds is 2. The molecule has 0 aliphatic carbocycles. The molecule has 1 saturated heterocycles. The minimum Gasteiger partial charge on any atom is -0.325 e. The summed E-state index contributed by atoms with van der Waals surface area (Å²) in [5.74, 6) is 2.01. The molecule has 1 atom stereocenters. The molecule has 1 amide bonds. The molecule has 3 nitrogen and oxygen atoms in total.